The Labute approximate surface area is 108 Å². The Morgan fingerprint density at radius 2 is 2.12 bits per heavy atom. The van der Waals surface area contributed by atoms with Gasteiger partial charge in [-0.05, 0) is 31.4 Å². The Balaban J connectivity index is 1.75. The van der Waals surface area contributed by atoms with E-state index in [1.807, 2.05) is 18.4 Å². The highest BCUT2D eigenvalue weighted by Crippen LogP contribution is 2.40. The molecule has 0 aliphatic heterocycles. The molecule has 0 aromatic carbocycles. The molecule has 1 aromatic heterocycles. The number of rotatable bonds is 7. The molecule has 1 aliphatic rings. The fourth-order valence-electron chi connectivity index (χ4n) is 2.51. The van der Waals surface area contributed by atoms with Crippen molar-refractivity contribution in [2.75, 3.05) is 20.3 Å². The van der Waals surface area contributed by atoms with Crippen LogP contribution in [0.3, 0.4) is 0 Å². The van der Waals surface area contributed by atoms with Gasteiger partial charge in [0.05, 0.1) is 6.61 Å². The molecule has 2 rings (SSSR count). The topological polar surface area (TPSA) is 21.3 Å². The summed E-state index contributed by atoms with van der Waals surface area (Å²) >= 11 is 1.93. The molecule has 0 amide bonds. The number of hydrogen-bond acceptors (Lipinski definition) is 3. The first-order valence-electron chi connectivity index (χ1n) is 6.55. The quantitative estimate of drug-likeness (QED) is 0.805. The number of ether oxygens (including phenoxy) is 1. The van der Waals surface area contributed by atoms with Crippen molar-refractivity contribution in [2.24, 2.45) is 5.41 Å². The molecule has 0 unspecified atom stereocenters. The maximum Gasteiger partial charge on any atom is 0.0530 e. The first kappa shape index (κ1) is 13.1. The number of hydrogen-bond donors (Lipinski definition) is 1. The van der Waals surface area contributed by atoms with Gasteiger partial charge in [0.15, 0.2) is 0 Å². The van der Waals surface area contributed by atoms with Crippen molar-refractivity contribution in [2.45, 2.75) is 39.2 Å². The van der Waals surface area contributed by atoms with Gasteiger partial charge in [-0.15, -0.1) is 11.3 Å². The van der Waals surface area contributed by atoms with Crippen LogP contribution in [0.4, 0.5) is 0 Å². The molecule has 1 fully saturated rings. The highest BCUT2D eigenvalue weighted by atomic mass is 32.1. The molecule has 1 heterocycles. The summed E-state index contributed by atoms with van der Waals surface area (Å²) in [4.78, 5) is 2.94. The second-order valence-electron chi connectivity index (χ2n) is 5.11. The van der Waals surface area contributed by atoms with Crippen LogP contribution < -0.4 is 5.32 Å². The molecule has 96 valence electrons. The minimum Gasteiger partial charge on any atom is -0.384 e. The highest BCUT2D eigenvalue weighted by Gasteiger charge is 2.36. The van der Waals surface area contributed by atoms with E-state index in [0.717, 1.165) is 26.1 Å². The fraction of sp³-hybridized carbons (Fsp3) is 0.714. The predicted molar refractivity (Wildman–Crippen MR) is 73.6 cm³/mol. The monoisotopic (exact) mass is 253 g/mol. The average Bonchev–Trinajstić information content (AvgIpc) is 2.73. The third-order valence-electron chi connectivity index (χ3n) is 3.73. The van der Waals surface area contributed by atoms with Crippen LogP contribution >= 0.6 is 11.3 Å². The molecule has 0 bridgehead atoms. The lowest BCUT2D eigenvalue weighted by molar-refractivity contribution is 0.0178. The molecule has 0 radical (unpaired) electrons. The predicted octanol–water partition coefficient (Wildman–Crippen LogP) is 3.22. The minimum atomic E-state index is 0.430. The molecule has 0 saturated heterocycles. The van der Waals surface area contributed by atoms with E-state index >= 15 is 0 Å². The number of methoxy groups -OCH3 is 1. The van der Waals surface area contributed by atoms with E-state index in [4.69, 9.17) is 4.74 Å². The van der Waals surface area contributed by atoms with E-state index in [-0.39, 0.29) is 0 Å². The zero-order valence-electron chi connectivity index (χ0n) is 10.9. The van der Waals surface area contributed by atoms with Crippen LogP contribution in [0, 0.1) is 5.41 Å². The maximum atomic E-state index is 5.34. The molecule has 1 saturated carbocycles. The molecular weight excluding hydrogens is 230 g/mol. The summed E-state index contributed by atoms with van der Waals surface area (Å²) in [5.74, 6) is 0. The maximum absolute atomic E-state index is 5.34. The van der Waals surface area contributed by atoms with Gasteiger partial charge in [0.25, 0.3) is 0 Å². The zero-order valence-corrected chi connectivity index (χ0v) is 11.7. The summed E-state index contributed by atoms with van der Waals surface area (Å²) in [7, 11) is 1.81. The molecule has 0 spiro atoms. The second kappa shape index (κ2) is 5.98. The van der Waals surface area contributed by atoms with E-state index in [9.17, 15) is 0 Å². The molecule has 17 heavy (non-hydrogen) atoms. The van der Waals surface area contributed by atoms with E-state index in [1.54, 1.807) is 0 Å². The number of thiophene rings is 1. The molecule has 1 aromatic rings. The summed E-state index contributed by atoms with van der Waals surface area (Å²) < 4.78 is 5.34. The molecule has 1 N–H and O–H groups in total. The van der Waals surface area contributed by atoms with Crippen molar-refractivity contribution < 1.29 is 4.74 Å². The van der Waals surface area contributed by atoms with Crippen molar-refractivity contribution in [1.82, 2.24) is 5.32 Å². The lowest BCUT2D eigenvalue weighted by Gasteiger charge is -2.41. The van der Waals surface area contributed by atoms with E-state index in [0.29, 0.717) is 5.41 Å². The Morgan fingerprint density at radius 1 is 1.35 bits per heavy atom. The Morgan fingerprint density at radius 3 is 2.65 bits per heavy atom. The van der Waals surface area contributed by atoms with Gasteiger partial charge in [-0.3, -0.25) is 0 Å². The average molecular weight is 253 g/mol. The first-order valence-corrected chi connectivity index (χ1v) is 7.37. The molecular formula is C14H23NOS. The molecule has 2 nitrogen and oxygen atoms in total. The van der Waals surface area contributed by atoms with Gasteiger partial charge in [-0.1, -0.05) is 13.3 Å². The zero-order chi connectivity index (χ0) is 12.1. The lowest BCUT2D eigenvalue weighted by atomic mass is 9.69. The molecule has 3 heteroatoms. The molecule has 1 aliphatic carbocycles. The van der Waals surface area contributed by atoms with Gasteiger partial charge < -0.3 is 10.1 Å². The van der Waals surface area contributed by atoms with Gasteiger partial charge in [0, 0.05) is 35.4 Å². The van der Waals surface area contributed by atoms with Crippen LogP contribution in [-0.2, 0) is 17.7 Å². The van der Waals surface area contributed by atoms with Crippen LogP contribution in [-0.4, -0.2) is 20.3 Å². The normalized spacial score (nSPS) is 18.0. The van der Waals surface area contributed by atoms with Crippen LogP contribution in [0.2, 0.25) is 0 Å². The van der Waals surface area contributed by atoms with Crippen LogP contribution in [0.1, 0.15) is 35.9 Å². The summed E-state index contributed by atoms with van der Waals surface area (Å²) in [6.07, 6.45) is 5.15. The minimum absolute atomic E-state index is 0.430. The summed E-state index contributed by atoms with van der Waals surface area (Å²) in [6.45, 7) is 5.23. The number of nitrogens with one attached hydrogen (secondary N) is 1. The molecule has 0 atom stereocenters. The van der Waals surface area contributed by atoms with E-state index < -0.39 is 0 Å². The third kappa shape index (κ3) is 3.30. The Hall–Kier alpha value is -0.380. The largest absolute Gasteiger partial charge is 0.384 e. The van der Waals surface area contributed by atoms with E-state index in [1.165, 1.54) is 29.0 Å². The van der Waals surface area contributed by atoms with Gasteiger partial charge in [-0.25, -0.2) is 0 Å². The van der Waals surface area contributed by atoms with Crippen molar-refractivity contribution in [3.63, 3.8) is 0 Å². The number of aryl methyl sites for hydroxylation is 1. The van der Waals surface area contributed by atoms with Gasteiger partial charge in [-0.2, -0.15) is 0 Å². The van der Waals surface area contributed by atoms with Crippen LogP contribution in [0.15, 0.2) is 12.1 Å². The van der Waals surface area contributed by atoms with Gasteiger partial charge in [0.2, 0.25) is 0 Å². The van der Waals surface area contributed by atoms with E-state index in [2.05, 4.69) is 24.4 Å². The Bertz CT molecular complexity index is 344. The van der Waals surface area contributed by atoms with Crippen LogP contribution in [0.25, 0.3) is 0 Å². The first-order chi connectivity index (χ1) is 8.28. The van der Waals surface area contributed by atoms with Crippen LogP contribution in [0.5, 0.6) is 0 Å². The van der Waals surface area contributed by atoms with Crippen molar-refractivity contribution >= 4 is 11.3 Å². The smallest absolute Gasteiger partial charge is 0.0530 e. The van der Waals surface area contributed by atoms with Crippen molar-refractivity contribution in [1.29, 1.82) is 0 Å². The second-order valence-corrected chi connectivity index (χ2v) is 6.36. The SMILES string of the molecule is CCc1ccc(CNCC2(COC)CCC2)s1. The standard InChI is InChI=1S/C14H23NOS/c1-3-12-5-6-13(17-12)9-15-10-14(11-16-2)7-4-8-14/h5-6,15H,3-4,7-11H2,1-2H3. The van der Waals surface area contributed by atoms with Gasteiger partial charge >= 0.3 is 0 Å². The fourth-order valence-corrected chi connectivity index (χ4v) is 3.44. The summed E-state index contributed by atoms with van der Waals surface area (Å²) in [5, 5.41) is 3.60. The van der Waals surface area contributed by atoms with Crippen molar-refractivity contribution in [3.8, 4) is 0 Å². The third-order valence-corrected chi connectivity index (χ3v) is 4.96. The highest BCUT2D eigenvalue weighted by molar-refractivity contribution is 7.11. The van der Waals surface area contributed by atoms with Gasteiger partial charge in [0.1, 0.15) is 0 Å². The lowest BCUT2D eigenvalue weighted by Crippen LogP contribution is -2.43. The van der Waals surface area contributed by atoms with Crippen molar-refractivity contribution in [3.05, 3.63) is 21.9 Å². The Kier molecular flexibility index (Phi) is 4.60. The summed E-state index contributed by atoms with van der Waals surface area (Å²) in [6, 6.07) is 4.50. The summed E-state index contributed by atoms with van der Waals surface area (Å²) in [5.41, 5.74) is 0.430.